The minimum atomic E-state index is -0.428. The molecule has 40 heavy (non-hydrogen) atoms. The summed E-state index contributed by atoms with van der Waals surface area (Å²) in [6.07, 6.45) is 1.06. The number of hydrogen-bond acceptors (Lipinski definition) is 6. The summed E-state index contributed by atoms with van der Waals surface area (Å²) in [6.45, 7) is 5.76. The van der Waals surface area contributed by atoms with Crippen LogP contribution in [-0.2, 0) is 20.8 Å². The third-order valence-corrected chi connectivity index (χ3v) is 7.42. The Hall–Kier alpha value is -3.88. The molecular formula is C32H37N3O5. The number of carbonyl (C=O) groups is 2. The molecule has 210 valence electrons. The largest absolute Gasteiger partial charge is 0.450 e. The van der Waals surface area contributed by atoms with Gasteiger partial charge in [0.2, 0.25) is 0 Å². The molecule has 0 saturated carbocycles. The lowest BCUT2D eigenvalue weighted by molar-refractivity contribution is 0.0644. The summed E-state index contributed by atoms with van der Waals surface area (Å²) in [7, 11) is 0. The number of ether oxygens (including phenoxy) is 3. The van der Waals surface area contributed by atoms with Crippen molar-refractivity contribution in [3.8, 4) is 0 Å². The average molecular weight is 544 g/mol. The van der Waals surface area contributed by atoms with Gasteiger partial charge >= 0.3 is 12.2 Å². The molecule has 1 atom stereocenters. The van der Waals surface area contributed by atoms with Crippen LogP contribution >= 0.6 is 0 Å². The van der Waals surface area contributed by atoms with E-state index < -0.39 is 6.09 Å². The van der Waals surface area contributed by atoms with Crippen molar-refractivity contribution in [3.63, 3.8) is 0 Å². The van der Waals surface area contributed by atoms with Crippen LogP contribution in [0.5, 0.6) is 0 Å². The Morgan fingerprint density at radius 3 is 2.15 bits per heavy atom. The molecule has 1 aromatic heterocycles. The van der Waals surface area contributed by atoms with Crippen LogP contribution in [0.4, 0.5) is 9.59 Å². The number of aromatic nitrogens is 1. The number of amides is 1. The second kappa shape index (κ2) is 13.5. The SMILES string of the molecule is CCOC(=O)N[C@H](COCc1ccccc1)CN1CCC(COC(=O)n2c3ccccc3c3ccccc32)CC1. The number of nitrogens with zero attached hydrogens (tertiary/aromatic N) is 2. The number of piperidine rings is 1. The van der Waals surface area contributed by atoms with Gasteiger partial charge in [-0.05, 0) is 56.5 Å². The first kappa shape index (κ1) is 27.7. The Labute approximate surface area is 234 Å². The van der Waals surface area contributed by atoms with Crippen molar-refractivity contribution in [2.24, 2.45) is 5.92 Å². The number of para-hydroxylation sites is 2. The maximum absolute atomic E-state index is 13.2. The molecule has 0 aliphatic carbocycles. The summed E-state index contributed by atoms with van der Waals surface area (Å²) in [4.78, 5) is 27.7. The summed E-state index contributed by atoms with van der Waals surface area (Å²) < 4.78 is 18.6. The van der Waals surface area contributed by atoms with Crippen LogP contribution in [0.1, 0.15) is 25.3 Å². The molecule has 8 nitrogen and oxygen atoms in total. The van der Waals surface area contributed by atoms with E-state index in [4.69, 9.17) is 14.2 Å². The van der Waals surface area contributed by atoms with Gasteiger partial charge in [-0.2, -0.15) is 0 Å². The summed E-state index contributed by atoms with van der Waals surface area (Å²) in [5.74, 6) is 0.291. The third kappa shape index (κ3) is 6.81. The smallest absolute Gasteiger partial charge is 0.418 e. The van der Waals surface area contributed by atoms with Crippen LogP contribution < -0.4 is 5.32 Å². The number of carbonyl (C=O) groups excluding carboxylic acids is 2. The lowest BCUT2D eigenvalue weighted by Crippen LogP contribution is -2.48. The van der Waals surface area contributed by atoms with E-state index >= 15 is 0 Å². The molecule has 1 saturated heterocycles. The highest BCUT2D eigenvalue weighted by Crippen LogP contribution is 2.29. The summed E-state index contributed by atoms with van der Waals surface area (Å²) >= 11 is 0. The van der Waals surface area contributed by atoms with Crippen LogP contribution in [0.2, 0.25) is 0 Å². The Morgan fingerprint density at radius 1 is 0.875 bits per heavy atom. The average Bonchev–Trinajstić information content (AvgIpc) is 3.32. The Morgan fingerprint density at radius 2 is 1.50 bits per heavy atom. The minimum absolute atomic E-state index is 0.188. The van der Waals surface area contributed by atoms with Crippen LogP contribution in [0.3, 0.4) is 0 Å². The van der Waals surface area contributed by atoms with Crippen molar-refractivity contribution >= 4 is 34.0 Å². The van der Waals surface area contributed by atoms with E-state index in [1.807, 2.05) is 78.9 Å². The molecule has 1 aliphatic heterocycles. The Balaban J connectivity index is 1.12. The highest BCUT2D eigenvalue weighted by Gasteiger charge is 2.25. The molecule has 4 aromatic rings. The van der Waals surface area contributed by atoms with Crippen LogP contribution in [0, 0.1) is 5.92 Å². The standard InChI is InChI=1S/C32H37N3O5/c1-2-39-31(36)33-26(23-38-21-24-10-4-3-5-11-24)20-34-18-16-25(17-19-34)22-40-32(37)35-29-14-8-6-12-27(29)28-13-7-9-15-30(28)35/h3-15,25-26H,2,16-23H2,1H3,(H,33,36)/t26-/m0/s1. The molecule has 3 aromatic carbocycles. The second-order valence-corrected chi connectivity index (χ2v) is 10.3. The Bertz CT molecular complexity index is 1360. The van der Waals surface area contributed by atoms with Gasteiger partial charge in [-0.1, -0.05) is 66.7 Å². The van der Waals surface area contributed by atoms with Gasteiger partial charge in [-0.15, -0.1) is 0 Å². The van der Waals surface area contributed by atoms with E-state index in [0.717, 1.165) is 53.3 Å². The van der Waals surface area contributed by atoms with E-state index in [2.05, 4.69) is 10.2 Å². The van der Waals surface area contributed by atoms with Crippen molar-refractivity contribution in [2.75, 3.05) is 39.5 Å². The molecule has 0 radical (unpaired) electrons. The number of likely N-dealkylation sites (tertiary alicyclic amines) is 1. The van der Waals surface area contributed by atoms with Gasteiger partial charge in [0.25, 0.3) is 0 Å². The molecule has 8 heteroatoms. The van der Waals surface area contributed by atoms with Crippen LogP contribution in [0.15, 0.2) is 78.9 Å². The normalized spacial score (nSPS) is 15.2. The molecule has 0 unspecified atom stereocenters. The van der Waals surface area contributed by atoms with Crippen LogP contribution in [0.25, 0.3) is 21.8 Å². The molecule has 1 amide bonds. The lowest BCUT2D eigenvalue weighted by Gasteiger charge is -2.34. The summed E-state index contributed by atoms with van der Waals surface area (Å²) in [5, 5.41) is 5.03. The van der Waals surface area contributed by atoms with E-state index in [9.17, 15) is 9.59 Å². The summed E-state index contributed by atoms with van der Waals surface area (Å²) in [6, 6.07) is 25.6. The number of nitrogens with one attached hydrogen (secondary N) is 1. The van der Waals surface area contributed by atoms with Crippen molar-refractivity contribution in [1.82, 2.24) is 14.8 Å². The van der Waals surface area contributed by atoms with Gasteiger partial charge in [0.05, 0.1) is 43.5 Å². The lowest BCUT2D eigenvalue weighted by atomic mass is 9.97. The predicted molar refractivity (Wildman–Crippen MR) is 155 cm³/mol. The zero-order valence-electron chi connectivity index (χ0n) is 23.0. The number of fused-ring (bicyclic) bond motifs is 3. The topological polar surface area (TPSA) is 82.0 Å². The fourth-order valence-electron chi connectivity index (χ4n) is 5.39. The van der Waals surface area contributed by atoms with Gasteiger partial charge in [0, 0.05) is 17.3 Å². The number of hydrogen-bond donors (Lipinski definition) is 1. The molecule has 2 heterocycles. The Kier molecular flexibility index (Phi) is 9.31. The highest BCUT2D eigenvalue weighted by atomic mass is 16.6. The van der Waals surface area contributed by atoms with Gasteiger partial charge in [-0.3, -0.25) is 0 Å². The van der Waals surface area contributed by atoms with E-state index in [1.54, 1.807) is 11.5 Å². The zero-order valence-corrected chi connectivity index (χ0v) is 23.0. The third-order valence-electron chi connectivity index (χ3n) is 7.42. The van der Waals surface area contributed by atoms with Crippen molar-refractivity contribution < 1.29 is 23.8 Å². The molecule has 0 bridgehead atoms. The van der Waals surface area contributed by atoms with E-state index in [1.165, 1.54) is 0 Å². The van der Waals surface area contributed by atoms with E-state index in [-0.39, 0.29) is 12.1 Å². The molecule has 5 rings (SSSR count). The highest BCUT2D eigenvalue weighted by molar-refractivity contribution is 6.12. The molecule has 1 N–H and O–H groups in total. The molecule has 0 spiro atoms. The molecule has 1 aliphatic rings. The number of benzene rings is 3. The monoisotopic (exact) mass is 543 g/mol. The summed E-state index contributed by atoms with van der Waals surface area (Å²) in [5.41, 5.74) is 2.81. The van der Waals surface area contributed by atoms with Crippen molar-refractivity contribution in [2.45, 2.75) is 32.4 Å². The molecular weight excluding hydrogens is 506 g/mol. The zero-order chi connectivity index (χ0) is 27.7. The predicted octanol–water partition coefficient (Wildman–Crippen LogP) is 5.82. The van der Waals surface area contributed by atoms with E-state index in [0.29, 0.717) is 38.9 Å². The first-order valence-corrected chi connectivity index (χ1v) is 14.0. The minimum Gasteiger partial charge on any atom is -0.450 e. The number of alkyl carbamates (subject to hydrolysis) is 1. The fraction of sp³-hybridized carbons (Fsp3) is 0.375. The second-order valence-electron chi connectivity index (χ2n) is 10.3. The fourth-order valence-corrected chi connectivity index (χ4v) is 5.39. The van der Waals surface area contributed by atoms with Crippen molar-refractivity contribution in [1.29, 1.82) is 0 Å². The van der Waals surface area contributed by atoms with Crippen LogP contribution in [-0.4, -0.2) is 67.2 Å². The van der Waals surface area contributed by atoms with Gasteiger partial charge in [0.15, 0.2) is 0 Å². The van der Waals surface area contributed by atoms with Crippen molar-refractivity contribution in [3.05, 3.63) is 84.4 Å². The van der Waals surface area contributed by atoms with Gasteiger partial charge in [0.1, 0.15) is 0 Å². The quantitative estimate of drug-likeness (QED) is 0.271. The molecule has 1 fully saturated rings. The number of rotatable bonds is 10. The maximum Gasteiger partial charge on any atom is 0.418 e. The first-order chi connectivity index (χ1) is 19.6. The van der Waals surface area contributed by atoms with Gasteiger partial charge < -0.3 is 24.4 Å². The first-order valence-electron chi connectivity index (χ1n) is 14.0. The maximum atomic E-state index is 13.2. The van der Waals surface area contributed by atoms with Gasteiger partial charge in [-0.25, -0.2) is 14.2 Å².